The quantitative estimate of drug-likeness (QED) is 0.471. The first-order valence-corrected chi connectivity index (χ1v) is 5.74. The minimum Gasteiger partial charge on any atom is -0.480 e. The number of carboxylic acid groups (broad SMARTS) is 1. The van der Waals surface area contributed by atoms with E-state index in [9.17, 15) is 14.4 Å². The number of nitrogens with two attached hydrogens (primary N) is 1. The van der Waals surface area contributed by atoms with E-state index in [0.717, 1.165) is 0 Å². The molecular weight excluding hydrogens is 238 g/mol. The number of hydrogen-bond acceptors (Lipinski definition) is 4. The average Bonchev–Trinajstić information content (AvgIpc) is 2.33. The number of carboxylic acids is 1. The lowest BCUT2D eigenvalue weighted by molar-refractivity contribution is -0.141. The molecule has 0 aliphatic heterocycles. The summed E-state index contributed by atoms with van der Waals surface area (Å²) in [6.07, 6.45) is 0.257. The smallest absolute Gasteiger partial charge is 0.325 e. The summed E-state index contributed by atoms with van der Waals surface area (Å²) < 4.78 is 7.61. The largest absolute Gasteiger partial charge is 0.480 e. The molecule has 0 unspecified atom stereocenters. The summed E-state index contributed by atoms with van der Waals surface area (Å²) in [5.41, 5.74) is 5.15. The SMILES string of the molecule is [2H]N(C(=O)CN)[C@@H](CC(C)C)C(=O)N[C@@H](C)C(=O)O. The van der Waals surface area contributed by atoms with Gasteiger partial charge in [-0.05, 0) is 19.3 Å². The standard InChI is InChI=1S/C11H21N3O4/c1-6(2)4-8(14-9(15)5-12)10(16)13-7(3)11(17)18/h6-8H,4-5,12H2,1-3H3,(H,13,16)(H,14,15)(H,17,18)/t7-,8-/m0/s1/i/hD. The van der Waals surface area contributed by atoms with Gasteiger partial charge in [0.2, 0.25) is 11.8 Å². The van der Waals surface area contributed by atoms with Crippen molar-refractivity contribution in [2.45, 2.75) is 39.3 Å². The molecule has 0 rings (SSSR count). The summed E-state index contributed by atoms with van der Waals surface area (Å²) in [5, 5.41) is 11.5. The number of carbonyl (C=O) groups excluding carboxylic acids is 2. The lowest BCUT2D eigenvalue weighted by atomic mass is 10.0. The molecule has 18 heavy (non-hydrogen) atoms. The molecule has 0 aromatic rings. The third-order valence-electron chi connectivity index (χ3n) is 2.20. The van der Waals surface area contributed by atoms with E-state index in [1.54, 1.807) is 0 Å². The van der Waals surface area contributed by atoms with Crippen molar-refractivity contribution in [3.05, 3.63) is 0 Å². The molecule has 0 aliphatic carbocycles. The normalized spacial score (nSPS) is 14.6. The van der Waals surface area contributed by atoms with Gasteiger partial charge in [0.05, 0.1) is 6.54 Å². The molecule has 0 aromatic heterocycles. The van der Waals surface area contributed by atoms with Gasteiger partial charge in [-0.2, -0.15) is 0 Å². The van der Waals surface area contributed by atoms with Gasteiger partial charge in [-0.15, -0.1) is 0 Å². The van der Waals surface area contributed by atoms with Crippen LogP contribution in [0.4, 0.5) is 0 Å². The Hall–Kier alpha value is -1.63. The van der Waals surface area contributed by atoms with Crippen molar-refractivity contribution in [2.24, 2.45) is 11.7 Å². The molecular formula is C11H21N3O4. The Labute approximate surface area is 108 Å². The van der Waals surface area contributed by atoms with Gasteiger partial charge < -0.3 is 21.5 Å². The second-order valence-electron chi connectivity index (χ2n) is 4.44. The lowest BCUT2D eigenvalue weighted by Crippen LogP contribution is -2.52. The first kappa shape index (κ1) is 14.4. The fourth-order valence-corrected chi connectivity index (χ4v) is 1.26. The van der Waals surface area contributed by atoms with Crippen LogP contribution >= 0.6 is 0 Å². The average molecular weight is 260 g/mol. The summed E-state index contributed by atoms with van der Waals surface area (Å²) in [6, 6.07) is -2.12. The van der Waals surface area contributed by atoms with Crippen molar-refractivity contribution in [1.82, 2.24) is 10.6 Å². The van der Waals surface area contributed by atoms with E-state index in [0.29, 0.717) is 5.31 Å². The first-order chi connectivity index (χ1) is 8.70. The van der Waals surface area contributed by atoms with Crippen molar-refractivity contribution in [1.29, 1.82) is 0 Å². The summed E-state index contributed by atoms with van der Waals surface area (Å²) >= 11 is 0. The maximum Gasteiger partial charge on any atom is 0.325 e. The zero-order valence-electron chi connectivity index (χ0n) is 11.8. The number of hydrogen-bond donors (Lipinski definition) is 4. The Morgan fingerprint density at radius 1 is 1.33 bits per heavy atom. The van der Waals surface area contributed by atoms with Gasteiger partial charge in [-0.1, -0.05) is 13.8 Å². The number of rotatable bonds is 7. The Morgan fingerprint density at radius 3 is 2.28 bits per heavy atom. The third kappa shape index (κ3) is 6.19. The maximum absolute atomic E-state index is 11.9. The lowest BCUT2D eigenvalue weighted by Gasteiger charge is -2.21. The predicted molar refractivity (Wildman–Crippen MR) is 65.7 cm³/mol. The molecule has 0 aliphatic rings. The topological polar surface area (TPSA) is 122 Å². The van der Waals surface area contributed by atoms with Gasteiger partial charge >= 0.3 is 5.97 Å². The highest BCUT2D eigenvalue weighted by atomic mass is 16.4. The Bertz CT molecular complexity index is 349. The Morgan fingerprint density at radius 2 is 1.89 bits per heavy atom. The van der Waals surface area contributed by atoms with Crippen LogP contribution in [0.5, 0.6) is 0 Å². The molecule has 0 aromatic carbocycles. The van der Waals surface area contributed by atoms with E-state index in [1.807, 2.05) is 13.8 Å². The van der Waals surface area contributed by atoms with Crippen LogP contribution in [0, 0.1) is 5.92 Å². The van der Waals surface area contributed by atoms with Gasteiger partial charge in [-0.3, -0.25) is 14.4 Å². The summed E-state index contributed by atoms with van der Waals surface area (Å²) in [4.78, 5) is 34.0. The number of carbonyl (C=O) groups is 3. The molecule has 104 valence electrons. The maximum atomic E-state index is 11.9. The van der Waals surface area contributed by atoms with E-state index >= 15 is 0 Å². The fourth-order valence-electron chi connectivity index (χ4n) is 1.26. The van der Waals surface area contributed by atoms with E-state index in [-0.39, 0.29) is 18.9 Å². The highest BCUT2D eigenvalue weighted by molar-refractivity contribution is 5.90. The first-order valence-electron chi connectivity index (χ1n) is 6.19. The van der Waals surface area contributed by atoms with Crippen molar-refractivity contribution < 1.29 is 20.9 Å². The molecule has 0 fully saturated rings. The van der Waals surface area contributed by atoms with Crippen LogP contribution in [-0.4, -0.2) is 41.5 Å². The number of nitrogens with one attached hydrogen (secondary N) is 2. The second-order valence-corrected chi connectivity index (χ2v) is 4.44. The zero-order chi connectivity index (χ0) is 15.2. The molecule has 5 N–H and O–H groups in total. The predicted octanol–water partition coefficient (Wildman–Crippen LogP) is -0.935. The molecule has 0 radical (unpaired) electrons. The molecule has 7 heteroatoms. The van der Waals surface area contributed by atoms with Crippen LogP contribution in [0.2, 0.25) is 1.41 Å². The van der Waals surface area contributed by atoms with Gasteiger partial charge in [0.1, 0.15) is 12.1 Å². The molecule has 0 saturated carbocycles. The summed E-state index contributed by atoms with van der Waals surface area (Å²) in [7, 11) is 0. The number of amides is 2. The second kappa shape index (κ2) is 7.65. The van der Waals surface area contributed by atoms with Crippen molar-refractivity contribution in [2.75, 3.05) is 6.54 Å². The molecule has 0 saturated heterocycles. The van der Waals surface area contributed by atoms with Crippen LogP contribution in [0.25, 0.3) is 0 Å². The van der Waals surface area contributed by atoms with Gasteiger partial charge in [0.15, 0.2) is 1.41 Å². The van der Waals surface area contributed by atoms with E-state index in [1.165, 1.54) is 6.92 Å². The molecule has 0 bridgehead atoms. The van der Waals surface area contributed by atoms with E-state index < -0.39 is 29.9 Å². The summed E-state index contributed by atoms with van der Waals surface area (Å²) in [6.45, 7) is 4.61. The van der Waals surface area contributed by atoms with Crippen molar-refractivity contribution >= 4 is 17.8 Å². The van der Waals surface area contributed by atoms with E-state index in [2.05, 4.69) is 5.32 Å². The van der Waals surface area contributed by atoms with Crippen LogP contribution in [-0.2, 0) is 14.4 Å². The zero-order valence-corrected chi connectivity index (χ0v) is 10.8. The van der Waals surface area contributed by atoms with Crippen LogP contribution in [0.1, 0.15) is 27.2 Å². The Kier molecular flexibility index (Phi) is 6.13. The highest BCUT2D eigenvalue weighted by Gasteiger charge is 2.24. The van der Waals surface area contributed by atoms with Gasteiger partial charge in [0.25, 0.3) is 0 Å². The fraction of sp³-hybridized carbons (Fsp3) is 0.727. The molecule has 2 atom stereocenters. The van der Waals surface area contributed by atoms with Crippen LogP contribution in [0.3, 0.4) is 0 Å². The molecule has 0 heterocycles. The monoisotopic (exact) mass is 260 g/mol. The molecule has 2 amide bonds. The van der Waals surface area contributed by atoms with Crippen LogP contribution in [0.15, 0.2) is 0 Å². The van der Waals surface area contributed by atoms with Gasteiger partial charge in [-0.25, -0.2) is 0 Å². The Balaban J connectivity index is 4.88. The minimum absolute atomic E-state index is 0.0642. The minimum atomic E-state index is -1.18. The highest BCUT2D eigenvalue weighted by Crippen LogP contribution is 2.05. The molecule has 7 nitrogen and oxygen atoms in total. The van der Waals surface area contributed by atoms with Crippen LogP contribution < -0.4 is 16.4 Å². The number of aliphatic carboxylic acids is 1. The summed E-state index contributed by atoms with van der Waals surface area (Å²) in [5.74, 6) is -2.48. The molecule has 0 spiro atoms. The van der Waals surface area contributed by atoms with Crippen molar-refractivity contribution in [3.8, 4) is 0 Å². The third-order valence-corrected chi connectivity index (χ3v) is 2.20. The van der Waals surface area contributed by atoms with Gasteiger partial charge in [0, 0.05) is 0 Å². The van der Waals surface area contributed by atoms with E-state index in [4.69, 9.17) is 12.3 Å². The van der Waals surface area contributed by atoms with Crippen molar-refractivity contribution in [3.63, 3.8) is 0 Å².